The first-order chi connectivity index (χ1) is 9.40. The van der Waals surface area contributed by atoms with Gasteiger partial charge in [-0.25, -0.2) is 8.78 Å². The van der Waals surface area contributed by atoms with Crippen LogP contribution in [0, 0.1) is 11.6 Å². The van der Waals surface area contributed by atoms with Crippen molar-refractivity contribution in [3.63, 3.8) is 0 Å². The van der Waals surface area contributed by atoms with Gasteiger partial charge in [0.05, 0.1) is 11.4 Å². The van der Waals surface area contributed by atoms with Crippen molar-refractivity contribution in [1.82, 2.24) is 4.57 Å². The highest BCUT2D eigenvalue weighted by Crippen LogP contribution is 2.20. The van der Waals surface area contributed by atoms with Crippen molar-refractivity contribution >= 4 is 17.3 Å². The Hall–Kier alpha value is -2.37. The summed E-state index contributed by atoms with van der Waals surface area (Å²) in [6, 6.07) is 5.11. The van der Waals surface area contributed by atoms with E-state index in [2.05, 4.69) is 5.32 Å². The lowest BCUT2D eigenvalue weighted by Gasteiger charge is -2.13. The standard InChI is InChI=1S/C14H15F2N3O/c1-8(2)19-7-9(17)6-12(19)14(20)18-11-5-3-4-10(15)13(11)16/h3-8H,17H2,1-2H3,(H,18,20). The number of hydrogen-bond donors (Lipinski definition) is 2. The minimum Gasteiger partial charge on any atom is -0.397 e. The van der Waals surface area contributed by atoms with Crippen LogP contribution in [-0.4, -0.2) is 10.5 Å². The molecule has 0 bridgehead atoms. The van der Waals surface area contributed by atoms with Crippen LogP contribution >= 0.6 is 0 Å². The molecular weight excluding hydrogens is 264 g/mol. The predicted octanol–water partition coefficient (Wildman–Crippen LogP) is 3.18. The van der Waals surface area contributed by atoms with Crippen molar-refractivity contribution in [1.29, 1.82) is 0 Å². The number of nitrogens with zero attached hydrogens (tertiary/aromatic N) is 1. The van der Waals surface area contributed by atoms with E-state index in [4.69, 9.17) is 5.73 Å². The Morgan fingerprint density at radius 2 is 2.05 bits per heavy atom. The number of carbonyl (C=O) groups excluding carboxylic acids is 1. The highest BCUT2D eigenvalue weighted by atomic mass is 19.2. The Morgan fingerprint density at radius 3 is 2.70 bits per heavy atom. The minimum absolute atomic E-state index is 0.0189. The van der Waals surface area contributed by atoms with Crippen LogP contribution in [0.5, 0.6) is 0 Å². The summed E-state index contributed by atoms with van der Waals surface area (Å²) in [5.41, 5.74) is 6.19. The van der Waals surface area contributed by atoms with Crippen LogP contribution in [0.3, 0.4) is 0 Å². The number of hydrogen-bond acceptors (Lipinski definition) is 2. The number of carbonyl (C=O) groups is 1. The molecular formula is C14H15F2N3O. The number of benzene rings is 1. The Labute approximate surface area is 115 Å². The summed E-state index contributed by atoms with van der Waals surface area (Å²) in [6.45, 7) is 3.78. The maximum atomic E-state index is 13.5. The number of nitrogen functional groups attached to an aromatic ring is 1. The van der Waals surface area contributed by atoms with E-state index in [0.29, 0.717) is 11.4 Å². The monoisotopic (exact) mass is 279 g/mol. The molecule has 2 aromatic rings. The summed E-state index contributed by atoms with van der Waals surface area (Å²) < 4.78 is 28.3. The predicted molar refractivity (Wildman–Crippen MR) is 73.5 cm³/mol. The molecule has 2 rings (SSSR count). The topological polar surface area (TPSA) is 60.0 Å². The van der Waals surface area contributed by atoms with Crippen molar-refractivity contribution in [2.75, 3.05) is 11.1 Å². The molecule has 1 heterocycles. The van der Waals surface area contributed by atoms with Gasteiger partial charge in [0.25, 0.3) is 5.91 Å². The van der Waals surface area contributed by atoms with E-state index >= 15 is 0 Å². The smallest absolute Gasteiger partial charge is 0.272 e. The quantitative estimate of drug-likeness (QED) is 0.906. The van der Waals surface area contributed by atoms with Gasteiger partial charge in [-0.05, 0) is 32.0 Å². The van der Waals surface area contributed by atoms with Crippen molar-refractivity contribution < 1.29 is 13.6 Å². The summed E-state index contributed by atoms with van der Waals surface area (Å²) in [4.78, 5) is 12.1. The van der Waals surface area contributed by atoms with E-state index in [9.17, 15) is 13.6 Å². The molecule has 20 heavy (non-hydrogen) atoms. The third-order valence-corrected chi connectivity index (χ3v) is 2.86. The number of nitrogens with two attached hydrogens (primary N) is 1. The first-order valence-electron chi connectivity index (χ1n) is 6.13. The molecule has 4 nitrogen and oxygen atoms in total. The maximum Gasteiger partial charge on any atom is 0.272 e. The SMILES string of the molecule is CC(C)n1cc(N)cc1C(=O)Nc1cccc(F)c1F. The van der Waals surface area contributed by atoms with Crippen LogP contribution in [0.2, 0.25) is 0 Å². The van der Waals surface area contributed by atoms with Gasteiger partial charge in [0, 0.05) is 12.2 Å². The average Bonchev–Trinajstić information content (AvgIpc) is 2.77. The van der Waals surface area contributed by atoms with Crippen molar-refractivity contribution in [3.8, 4) is 0 Å². The van der Waals surface area contributed by atoms with Crippen LogP contribution in [-0.2, 0) is 0 Å². The molecule has 3 N–H and O–H groups in total. The highest BCUT2D eigenvalue weighted by molar-refractivity contribution is 6.03. The van der Waals surface area contributed by atoms with E-state index < -0.39 is 17.5 Å². The second kappa shape index (κ2) is 5.32. The van der Waals surface area contributed by atoms with Gasteiger partial charge in [0.1, 0.15) is 5.69 Å². The second-order valence-corrected chi connectivity index (χ2v) is 4.72. The van der Waals surface area contributed by atoms with E-state index in [1.165, 1.54) is 18.2 Å². The van der Waals surface area contributed by atoms with Gasteiger partial charge in [-0.1, -0.05) is 6.07 Å². The molecule has 1 aromatic carbocycles. The van der Waals surface area contributed by atoms with Gasteiger partial charge >= 0.3 is 0 Å². The van der Waals surface area contributed by atoms with Crippen LogP contribution in [0.15, 0.2) is 30.5 Å². The lowest BCUT2D eigenvalue weighted by atomic mass is 10.2. The fourth-order valence-corrected chi connectivity index (χ4v) is 1.90. The molecule has 0 spiro atoms. The molecule has 0 unspecified atom stereocenters. The summed E-state index contributed by atoms with van der Waals surface area (Å²) in [5.74, 6) is -2.64. The number of halogens is 2. The molecule has 106 valence electrons. The Balaban J connectivity index is 2.31. The fourth-order valence-electron chi connectivity index (χ4n) is 1.90. The Bertz CT molecular complexity index is 650. The number of aromatic nitrogens is 1. The number of anilines is 2. The largest absolute Gasteiger partial charge is 0.397 e. The summed E-state index contributed by atoms with van der Waals surface area (Å²) >= 11 is 0. The zero-order chi connectivity index (χ0) is 14.9. The third-order valence-electron chi connectivity index (χ3n) is 2.86. The van der Waals surface area contributed by atoms with Crippen LogP contribution in [0.4, 0.5) is 20.2 Å². The van der Waals surface area contributed by atoms with E-state index in [1.807, 2.05) is 13.8 Å². The van der Waals surface area contributed by atoms with Crippen LogP contribution < -0.4 is 11.1 Å². The summed E-state index contributed by atoms with van der Waals surface area (Å²) in [6.07, 6.45) is 1.63. The molecule has 1 amide bonds. The van der Waals surface area contributed by atoms with E-state index in [-0.39, 0.29) is 11.7 Å². The molecule has 0 fully saturated rings. The maximum absolute atomic E-state index is 13.5. The molecule has 6 heteroatoms. The van der Waals surface area contributed by atoms with Crippen molar-refractivity contribution in [2.45, 2.75) is 19.9 Å². The van der Waals surface area contributed by atoms with E-state index in [0.717, 1.165) is 6.07 Å². The highest BCUT2D eigenvalue weighted by Gasteiger charge is 2.17. The lowest BCUT2D eigenvalue weighted by molar-refractivity contribution is 0.101. The normalized spacial score (nSPS) is 10.8. The molecule has 0 saturated heterocycles. The van der Waals surface area contributed by atoms with E-state index in [1.54, 1.807) is 10.8 Å². The average molecular weight is 279 g/mol. The second-order valence-electron chi connectivity index (χ2n) is 4.72. The zero-order valence-electron chi connectivity index (χ0n) is 11.2. The number of amides is 1. The van der Waals surface area contributed by atoms with Gasteiger partial charge in [0.2, 0.25) is 0 Å². The molecule has 0 atom stereocenters. The lowest BCUT2D eigenvalue weighted by Crippen LogP contribution is -2.18. The Kier molecular flexibility index (Phi) is 3.74. The van der Waals surface area contributed by atoms with Crippen molar-refractivity contribution in [3.05, 3.63) is 47.8 Å². The molecule has 0 aliphatic rings. The van der Waals surface area contributed by atoms with Gasteiger partial charge in [-0.3, -0.25) is 4.79 Å². The first kappa shape index (κ1) is 14.0. The first-order valence-corrected chi connectivity index (χ1v) is 6.13. The van der Waals surface area contributed by atoms with Crippen LogP contribution in [0.1, 0.15) is 30.4 Å². The zero-order valence-corrected chi connectivity index (χ0v) is 11.2. The third kappa shape index (κ3) is 2.64. The Morgan fingerprint density at radius 1 is 1.35 bits per heavy atom. The molecule has 0 aliphatic heterocycles. The van der Waals surface area contributed by atoms with Gasteiger partial charge in [0.15, 0.2) is 11.6 Å². The summed E-state index contributed by atoms with van der Waals surface area (Å²) in [5, 5.41) is 2.35. The van der Waals surface area contributed by atoms with Crippen LogP contribution in [0.25, 0.3) is 0 Å². The van der Waals surface area contributed by atoms with Gasteiger partial charge < -0.3 is 15.6 Å². The molecule has 1 aromatic heterocycles. The van der Waals surface area contributed by atoms with Gasteiger partial charge in [-0.15, -0.1) is 0 Å². The molecule has 0 radical (unpaired) electrons. The number of nitrogens with one attached hydrogen (secondary N) is 1. The van der Waals surface area contributed by atoms with Gasteiger partial charge in [-0.2, -0.15) is 0 Å². The van der Waals surface area contributed by atoms with Crippen molar-refractivity contribution in [2.24, 2.45) is 0 Å². The molecule has 0 saturated carbocycles. The fraction of sp³-hybridized carbons (Fsp3) is 0.214. The summed E-state index contributed by atoms with van der Waals surface area (Å²) in [7, 11) is 0. The molecule has 0 aliphatic carbocycles. The number of rotatable bonds is 3. The minimum atomic E-state index is -1.09.